The zero-order valence-corrected chi connectivity index (χ0v) is 14.6. The van der Waals surface area contributed by atoms with E-state index >= 15 is 0 Å². The number of nitrogens with zero attached hydrogens (tertiary/aromatic N) is 1. The molecule has 0 aliphatic carbocycles. The molecule has 1 aromatic heterocycles. The summed E-state index contributed by atoms with van der Waals surface area (Å²) in [6, 6.07) is 11.7. The van der Waals surface area contributed by atoms with Crippen LogP contribution in [0.3, 0.4) is 0 Å². The maximum Gasteiger partial charge on any atom is 0.220 e. The van der Waals surface area contributed by atoms with E-state index in [0.29, 0.717) is 18.5 Å². The van der Waals surface area contributed by atoms with Crippen molar-refractivity contribution in [3.8, 4) is 0 Å². The van der Waals surface area contributed by atoms with Gasteiger partial charge in [0.15, 0.2) is 11.6 Å². The number of para-hydroxylation sites is 1. The second-order valence-electron chi connectivity index (χ2n) is 5.97. The molecular formula is C19H18F2N2OS. The van der Waals surface area contributed by atoms with Crippen molar-refractivity contribution in [1.29, 1.82) is 0 Å². The van der Waals surface area contributed by atoms with Gasteiger partial charge in [0, 0.05) is 18.9 Å². The van der Waals surface area contributed by atoms with Crippen LogP contribution in [0.25, 0.3) is 10.2 Å². The van der Waals surface area contributed by atoms with Gasteiger partial charge in [0.05, 0.1) is 15.2 Å². The predicted molar refractivity (Wildman–Crippen MR) is 95.7 cm³/mol. The third kappa shape index (κ3) is 4.39. The van der Waals surface area contributed by atoms with E-state index in [4.69, 9.17) is 0 Å². The molecule has 0 saturated carbocycles. The van der Waals surface area contributed by atoms with Crippen LogP contribution in [0.5, 0.6) is 0 Å². The van der Waals surface area contributed by atoms with E-state index in [1.165, 1.54) is 6.07 Å². The first kappa shape index (κ1) is 17.5. The van der Waals surface area contributed by atoms with Crippen molar-refractivity contribution >= 4 is 27.5 Å². The van der Waals surface area contributed by atoms with Gasteiger partial charge in [0.2, 0.25) is 5.91 Å². The molecule has 0 aliphatic heterocycles. The number of fused-ring (bicyclic) bond motifs is 1. The number of thiazole rings is 1. The van der Waals surface area contributed by atoms with Crippen LogP contribution >= 0.6 is 11.3 Å². The Hall–Kier alpha value is -2.34. The smallest absolute Gasteiger partial charge is 0.220 e. The molecule has 1 heterocycles. The van der Waals surface area contributed by atoms with E-state index in [0.717, 1.165) is 27.4 Å². The van der Waals surface area contributed by atoms with E-state index in [2.05, 4.69) is 10.3 Å². The van der Waals surface area contributed by atoms with E-state index in [1.807, 2.05) is 31.2 Å². The minimum Gasteiger partial charge on any atom is -0.355 e. The number of aryl methyl sites for hydroxylation is 1. The van der Waals surface area contributed by atoms with E-state index < -0.39 is 11.6 Å². The Labute approximate surface area is 148 Å². The van der Waals surface area contributed by atoms with Crippen molar-refractivity contribution in [3.63, 3.8) is 0 Å². The Kier molecular flexibility index (Phi) is 5.38. The van der Waals surface area contributed by atoms with Crippen LogP contribution in [0.1, 0.15) is 29.8 Å². The average molecular weight is 360 g/mol. The van der Waals surface area contributed by atoms with Gasteiger partial charge in [-0.15, -0.1) is 11.3 Å². The van der Waals surface area contributed by atoms with E-state index in [9.17, 15) is 13.6 Å². The Morgan fingerprint density at radius 3 is 2.76 bits per heavy atom. The highest BCUT2D eigenvalue weighted by Gasteiger charge is 2.13. The van der Waals surface area contributed by atoms with Crippen molar-refractivity contribution in [1.82, 2.24) is 10.3 Å². The summed E-state index contributed by atoms with van der Waals surface area (Å²) in [5.41, 5.74) is 1.58. The Bertz CT molecular complexity index is 861. The molecule has 25 heavy (non-hydrogen) atoms. The van der Waals surface area contributed by atoms with Crippen LogP contribution in [-0.4, -0.2) is 17.4 Å². The van der Waals surface area contributed by atoms with Gasteiger partial charge in [-0.25, -0.2) is 13.8 Å². The van der Waals surface area contributed by atoms with E-state index in [1.54, 1.807) is 11.3 Å². The summed E-state index contributed by atoms with van der Waals surface area (Å²) < 4.78 is 27.2. The van der Waals surface area contributed by atoms with Gasteiger partial charge in [0.1, 0.15) is 0 Å². The predicted octanol–water partition coefficient (Wildman–Crippen LogP) is 4.43. The molecule has 2 aromatic carbocycles. The number of hydrogen-bond acceptors (Lipinski definition) is 3. The lowest BCUT2D eigenvalue weighted by Crippen LogP contribution is -2.27. The number of rotatable bonds is 6. The van der Waals surface area contributed by atoms with Gasteiger partial charge in [-0.3, -0.25) is 4.79 Å². The Balaban J connectivity index is 1.50. The third-order valence-corrected chi connectivity index (χ3v) is 5.23. The molecule has 0 aliphatic rings. The van der Waals surface area contributed by atoms with Crippen LogP contribution < -0.4 is 5.32 Å². The molecule has 0 saturated heterocycles. The van der Waals surface area contributed by atoms with Gasteiger partial charge in [-0.05, 0) is 36.2 Å². The molecule has 3 nitrogen and oxygen atoms in total. The number of carbonyl (C=O) groups is 1. The molecule has 1 atom stereocenters. The number of nitrogens with one attached hydrogen (secondary N) is 1. The van der Waals surface area contributed by atoms with Gasteiger partial charge < -0.3 is 5.32 Å². The van der Waals surface area contributed by atoms with Crippen LogP contribution in [0.2, 0.25) is 0 Å². The van der Waals surface area contributed by atoms with Crippen molar-refractivity contribution in [2.45, 2.75) is 25.7 Å². The topological polar surface area (TPSA) is 42.0 Å². The standard InChI is InChI=1S/C19H18F2N2OS/c1-12(19-23-16-4-2-3-5-17(16)25-19)11-22-18(24)9-7-13-6-8-14(20)15(21)10-13/h2-6,8,10,12H,7,9,11H2,1H3,(H,22,24). The highest BCUT2D eigenvalue weighted by atomic mass is 32.1. The van der Waals surface area contributed by atoms with Crippen molar-refractivity contribution in [2.24, 2.45) is 0 Å². The van der Waals surface area contributed by atoms with Crippen LogP contribution in [0, 0.1) is 11.6 Å². The molecule has 0 spiro atoms. The number of aromatic nitrogens is 1. The number of hydrogen-bond donors (Lipinski definition) is 1. The molecular weight excluding hydrogens is 342 g/mol. The lowest BCUT2D eigenvalue weighted by atomic mass is 10.1. The molecule has 1 amide bonds. The minimum atomic E-state index is -0.887. The monoisotopic (exact) mass is 360 g/mol. The molecule has 130 valence electrons. The quantitative estimate of drug-likeness (QED) is 0.707. The first-order valence-electron chi connectivity index (χ1n) is 8.09. The maximum absolute atomic E-state index is 13.2. The zero-order chi connectivity index (χ0) is 17.8. The second-order valence-corrected chi connectivity index (χ2v) is 7.04. The summed E-state index contributed by atoms with van der Waals surface area (Å²) >= 11 is 1.63. The largest absolute Gasteiger partial charge is 0.355 e. The molecule has 0 bridgehead atoms. The molecule has 1 N–H and O–H groups in total. The molecule has 6 heteroatoms. The zero-order valence-electron chi connectivity index (χ0n) is 13.8. The fraction of sp³-hybridized carbons (Fsp3) is 0.263. The highest BCUT2D eigenvalue weighted by Crippen LogP contribution is 2.26. The molecule has 3 aromatic rings. The van der Waals surface area contributed by atoms with Gasteiger partial charge in [-0.1, -0.05) is 25.1 Å². The minimum absolute atomic E-state index is 0.113. The van der Waals surface area contributed by atoms with Gasteiger partial charge >= 0.3 is 0 Å². The van der Waals surface area contributed by atoms with Crippen LogP contribution in [-0.2, 0) is 11.2 Å². The van der Waals surface area contributed by atoms with Crippen LogP contribution in [0.4, 0.5) is 8.78 Å². The lowest BCUT2D eigenvalue weighted by molar-refractivity contribution is -0.121. The molecule has 1 unspecified atom stereocenters. The molecule has 0 fully saturated rings. The van der Waals surface area contributed by atoms with Crippen molar-refractivity contribution < 1.29 is 13.6 Å². The highest BCUT2D eigenvalue weighted by molar-refractivity contribution is 7.18. The fourth-order valence-electron chi connectivity index (χ4n) is 2.50. The summed E-state index contributed by atoms with van der Waals surface area (Å²) in [7, 11) is 0. The molecule has 0 radical (unpaired) electrons. The number of benzene rings is 2. The summed E-state index contributed by atoms with van der Waals surface area (Å²) in [5, 5.41) is 3.87. The summed E-state index contributed by atoms with van der Waals surface area (Å²) in [6.45, 7) is 2.52. The van der Waals surface area contributed by atoms with E-state index in [-0.39, 0.29) is 18.2 Å². The Morgan fingerprint density at radius 1 is 1.20 bits per heavy atom. The fourth-order valence-corrected chi connectivity index (χ4v) is 3.52. The number of halogens is 2. The SMILES string of the molecule is CC(CNC(=O)CCc1ccc(F)c(F)c1)c1nc2ccccc2s1. The first-order valence-corrected chi connectivity index (χ1v) is 8.90. The lowest BCUT2D eigenvalue weighted by Gasteiger charge is -2.10. The Morgan fingerprint density at radius 2 is 2.00 bits per heavy atom. The van der Waals surface area contributed by atoms with Gasteiger partial charge in [0.25, 0.3) is 0 Å². The molecule has 3 rings (SSSR count). The second kappa shape index (κ2) is 7.70. The normalized spacial score (nSPS) is 12.3. The van der Waals surface area contributed by atoms with Crippen molar-refractivity contribution in [2.75, 3.05) is 6.54 Å². The third-order valence-electron chi connectivity index (χ3n) is 3.96. The van der Waals surface area contributed by atoms with Crippen molar-refractivity contribution in [3.05, 3.63) is 64.7 Å². The summed E-state index contributed by atoms with van der Waals surface area (Å²) in [6.07, 6.45) is 0.607. The number of amides is 1. The van der Waals surface area contributed by atoms with Crippen LogP contribution in [0.15, 0.2) is 42.5 Å². The first-order chi connectivity index (χ1) is 12.0. The average Bonchev–Trinajstić information content (AvgIpc) is 3.05. The summed E-state index contributed by atoms with van der Waals surface area (Å²) in [4.78, 5) is 16.6. The van der Waals surface area contributed by atoms with Gasteiger partial charge in [-0.2, -0.15) is 0 Å². The summed E-state index contributed by atoms with van der Waals surface area (Å²) in [5.74, 6) is -1.76. The number of carbonyl (C=O) groups excluding carboxylic acids is 1. The maximum atomic E-state index is 13.2.